The van der Waals surface area contributed by atoms with Gasteiger partial charge in [-0.05, 0) is 43.9 Å². The van der Waals surface area contributed by atoms with E-state index in [-0.39, 0.29) is 30.5 Å². The molecule has 1 aliphatic rings. The van der Waals surface area contributed by atoms with Gasteiger partial charge in [0.25, 0.3) is 0 Å². The first kappa shape index (κ1) is 23.5. The van der Waals surface area contributed by atoms with E-state index in [0.29, 0.717) is 25.3 Å². The van der Waals surface area contributed by atoms with E-state index in [1.54, 1.807) is 7.11 Å². The fourth-order valence-electron chi connectivity index (χ4n) is 3.07. The van der Waals surface area contributed by atoms with Gasteiger partial charge in [0.05, 0.1) is 25.9 Å². The molecule has 3 N–H and O–H groups in total. The van der Waals surface area contributed by atoms with Crippen molar-refractivity contribution in [2.75, 3.05) is 20.3 Å². The van der Waals surface area contributed by atoms with Crippen molar-refractivity contribution in [1.82, 2.24) is 5.32 Å². The van der Waals surface area contributed by atoms with Crippen molar-refractivity contribution in [1.29, 1.82) is 0 Å². The minimum atomic E-state index is -0.408. The van der Waals surface area contributed by atoms with Crippen LogP contribution in [0, 0.1) is 0 Å². The van der Waals surface area contributed by atoms with Crippen LogP contribution >= 0.6 is 12.4 Å². The van der Waals surface area contributed by atoms with Gasteiger partial charge in [0.2, 0.25) is 5.91 Å². The van der Waals surface area contributed by atoms with Crippen molar-refractivity contribution < 1.29 is 19.0 Å². The van der Waals surface area contributed by atoms with Gasteiger partial charge in [0, 0.05) is 6.54 Å². The van der Waals surface area contributed by atoms with E-state index in [1.165, 1.54) is 0 Å². The predicted molar refractivity (Wildman–Crippen MR) is 109 cm³/mol. The molecule has 2 rings (SSSR count). The average Bonchev–Trinajstić information content (AvgIpc) is 3.14. The molecule has 1 saturated heterocycles. The maximum Gasteiger partial charge on any atom is 0.249 e. The Balaban J connectivity index is 0.00000364. The van der Waals surface area contributed by atoms with Gasteiger partial charge in [-0.25, -0.2) is 0 Å². The Bertz CT molecular complexity index is 585. The Hall–Kier alpha value is -1.50. The summed E-state index contributed by atoms with van der Waals surface area (Å²) in [5.74, 6) is 1.32. The van der Waals surface area contributed by atoms with E-state index in [1.807, 2.05) is 25.1 Å². The van der Waals surface area contributed by atoms with Gasteiger partial charge >= 0.3 is 0 Å². The quantitative estimate of drug-likeness (QED) is 0.588. The summed E-state index contributed by atoms with van der Waals surface area (Å²) in [6, 6.07) is 5.63. The Morgan fingerprint density at radius 3 is 2.74 bits per heavy atom. The third kappa shape index (κ3) is 6.87. The van der Waals surface area contributed by atoms with Gasteiger partial charge in [-0.3, -0.25) is 4.79 Å². The predicted octanol–water partition coefficient (Wildman–Crippen LogP) is 3.37. The van der Waals surface area contributed by atoms with Crippen LogP contribution in [0.1, 0.15) is 57.6 Å². The fraction of sp³-hybridized carbons (Fsp3) is 0.650. The third-order valence-electron chi connectivity index (χ3n) is 4.71. The summed E-state index contributed by atoms with van der Waals surface area (Å²) in [4.78, 5) is 12.4. The average molecular weight is 401 g/mol. The summed E-state index contributed by atoms with van der Waals surface area (Å²) in [5.41, 5.74) is 6.57. The highest BCUT2D eigenvalue weighted by Crippen LogP contribution is 2.31. The SMILES string of the molecule is CCCCCOc1ccc(C(C)NC(=O)[C@@H]2CC[C@H](CN)O2)cc1OC.Cl. The second-order valence-electron chi connectivity index (χ2n) is 6.76. The second-order valence-corrected chi connectivity index (χ2v) is 6.76. The van der Waals surface area contributed by atoms with Gasteiger partial charge in [0.1, 0.15) is 6.10 Å². The number of halogens is 1. The van der Waals surface area contributed by atoms with Crippen LogP contribution in [-0.2, 0) is 9.53 Å². The lowest BCUT2D eigenvalue weighted by molar-refractivity contribution is -0.132. The molecule has 1 aliphatic heterocycles. The first-order valence-corrected chi connectivity index (χ1v) is 9.55. The Morgan fingerprint density at radius 2 is 2.11 bits per heavy atom. The number of ether oxygens (including phenoxy) is 3. The number of benzene rings is 1. The summed E-state index contributed by atoms with van der Waals surface area (Å²) < 4.78 is 16.9. The molecule has 0 saturated carbocycles. The number of nitrogens with one attached hydrogen (secondary N) is 1. The zero-order chi connectivity index (χ0) is 18.9. The number of amides is 1. The molecule has 1 aromatic carbocycles. The van der Waals surface area contributed by atoms with E-state index in [2.05, 4.69) is 12.2 Å². The van der Waals surface area contributed by atoms with Crippen LogP contribution in [0.15, 0.2) is 18.2 Å². The molecule has 1 heterocycles. The summed E-state index contributed by atoms with van der Waals surface area (Å²) in [6.07, 6.45) is 4.47. The first-order valence-electron chi connectivity index (χ1n) is 9.55. The zero-order valence-electron chi connectivity index (χ0n) is 16.5. The largest absolute Gasteiger partial charge is 0.493 e. The smallest absolute Gasteiger partial charge is 0.249 e. The molecule has 27 heavy (non-hydrogen) atoms. The minimum absolute atomic E-state index is 0. The molecule has 1 fully saturated rings. The number of rotatable bonds is 10. The molecular weight excluding hydrogens is 368 g/mol. The summed E-state index contributed by atoms with van der Waals surface area (Å²) in [6.45, 7) is 5.25. The van der Waals surface area contributed by atoms with Crippen LogP contribution in [0.4, 0.5) is 0 Å². The van der Waals surface area contributed by atoms with Crippen molar-refractivity contribution in [2.45, 2.75) is 64.2 Å². The molecule has 0 aliphatic carbocycles. The van der Waals surface area contributed by atoms with Gasteiger partial charge in [0.15, 0.2) is 11.5 Å². The molecule has 154 valence electrons. The van der Waals surface area contributed by atoms with Crippen molar-refractivity contribution in [3.8, 4) is 11.5 Å². The number of hydrogen-bond donors (Lipinski definition) is 2. The molecule has 3 atom stereocenters. The molecule has 0 spiro atoms. The molecular formula is C20H33ClN2O4. The molecule has 7 heteroatoms. The first-order chi connectivity index (χ1) is 12.6. The highest BCUT2D eigenvalue weighted by atomic mass is 35.5. The molecule has 0 radical (unpaired) electrons. The number of methoxy groups -OCH3 is 1. The number of carbonyl (C=O) groups excluding carboxylic acids is 1. The van der Waals surface area contributed by atoms with Crippen molar-refractivity contribution >= 4 is 18.3 Å². The van der Waals surface area contributed by atoms with Crippen molar-refractivity contribution in [3.63, 3.8) is 0 Å². The normalized spacial score (nSPS) is 19.9. The lowest BCUT2D eigenvalue weighted by Crippen LogP contribution is -2.37. The van der Waals surface area contributed by atoms with E-state index in [0.717, 1.165) is 37.0 Å². The Morgan fingerprint density at radius 1 is 1.33 bits per heavy atom. The standard InChI is InChI=1S/C20H32N2O4.ClH/c1-4-5-6-11-25-17-9-7-15(12-19(17)24-3)14(2)22-20(23)18-10-8-16(13-21)26-18;/h7,9,12,14,16,18H,4-6,8,10-11,13,21H2,1-3H3,(H,22,23);1H/t14?,16-,18+;/m1./s1. The van der Waals surface area contributed by atoms with Gasteiger partial charge in [-0.15, -0.1) is 12.4 Å². The van der Waals surface area contributed by atoms with Crippen LogP contribution in [0.2, 0.25) is 0 Å². The lowest BCUT2D eigenvalue weighted by atomic mass is 10.1. The topological polar surface area (TPSA) is 82.8 Å². The van der Waals surface area contributed by atoms with Crippen LogP contribution < -0.4 is 20.5 Å². The summed E-state index contributed by atoms with van der Waals surface area (Å²) in [5, 5.41) is 3.01. The monoisotopic (exact) mass is 400 g/mol. The van der Waals surface area contributed by atoms with E-state index < -0.39 is 6.10 Å². The molecule has 1 aromatic rings. The van der Waals surface area contributed by atoms with Crippen LogP contribution in [0.3, 0.4) is 0 Å². The number of unbranched alkanes of at least 4 members (excludes halogenated alkanes) is 2. The van der Waals surface area contributed by atoms with Crippen LogP contribution in [0.5, 0.6) is 11.5 Å². The molecule has 0 aromatic heterocycles. The van der Waals surface area contributed by atoms with Gasteiger partial charge in [-0.1, -0.05) is 25.8 Å². The minimum Gasteiger partial charge on any atom is -0.493 e. The third-order valence-corrected chi connectivity index (χ3v) is 4.71. The maximum absolute atomic E-state index is 12.4. The van der Waals surface area contributed by atoms with Crippen molar-refractivity contribution in [2.24, 2.45) is 5.73 Å². The van der Waals surface area contributed by atoms with Crippen LogP contribution in [0.25, 0.3) is 0 Å². The van der Waals surface area contributed by atoms with Crippen LogP contribution in [-0.4, -0.2) is 38.4 Å². The lowest BCUT2D eigenvalue weighted by Gasteiger charge is -2.19. The summed E-state index contributed by atoms with van der Waals surface area (Å²) >= 11 is 0. The van der Waals surface area contributed by atoms with Crippen molar-refractivity contribution in [3.05, 3.63) is 23.8 Å². The molecule has 1 amide bonds. The second kappa shape index (κ2) is 12.1. The highest BCUT2D eigenvalue weighted by molar-refractivity contribution is 5.85. The fourth-order valence-corrected chi connectivity index (χ4v) is 3.07. The van der Waals surface area contributed by atoms with Gasteiger partial charge in [-0.2, -0.15) is 0 Å². The van der Waals surface area contributed by atoms with E-state index >= 15 is 0 Å². The van der Waals surface area contributed by atoms with E-state index in [4.69, 9.17) is 19.9 Å². The summed E-state index contributed by atoms with van der Waals surface area (Å²) in [7, 11) is 1.63. The number of carbonyl (C=O) groups is 1. The van der Waals surface area contributed by atoms with E-state index in [9.17, 15) is 4.79 Å². The Kier molecular flexibility index (Phi) is 10.5. The molecule has 1 unspecified atom stereocenters. The highest BCUT2D eigenvalue weighted by Gasteiger charge is 2.30. The number of hydrogen-bond acceptors (Lipinski definition) is 5. The number of nitrogens with two attached hydrogens (primary N) is 1. The maximum atomic E-state index is 12.4. The molecule has 6 nitrogen and oxygen atoms in total. The Labute approximate surface area is 168 Å². The molecule has 0 bridgehead atoms. The van der Waals surface area contributed by atoms with Gasteiger partial charge < -0.3 is 25.3 Å². The zero-order valence-corrected chi connectivity index (χ0v) is 17.3.